The molecule has 2 aromatic rings. The number of urea groups is 1. The highest BCUT2D eigenvalue weighted by molar-refractivity contribution is 6.32. The summed E-state index contributed by atoms with van der Waals surface area (Å²) in [7, 11) is 0. The topological polar surface area (TPSA) is 97.0 Å². The average molecular weight is 468 g/mol. The maximum absolute atomic E-state index is 12.7. The number of nitrogens with zero attached hydrogens (tertiary/aromatic N) is 1. The Morgan fingerprint density at radius 3 is 2.76 bits per heavy atom. The van der Waals surface area contributed by atoms with Gasteiger partial charge in [-0.05, 0) is 55.3 Å². The van der Waals surface area contributed by atoms with Gasteiger partial charge in [0.25, 0.3) is 5.91 Å². The van der Waals surface area contributed by atoms with Gasteiger partial charge in [-0.2, -0.15) is 0 Å². The first kappa shape index (κ1) is 23.7. The Bertz CT molecular complexity index is 1170. The molecule has 0 bridgehead atoms. The third-order valence-corrected chi connectivity index (χ3v) is 4.79. The van der Waals surface area contributed by atoms with Crippen LogP contribution in [0.25, 0.3) is 6.08 Å². The van der Waals surface area contributed by atoms with Gasteiger partial charge < -0.3 is 20.1 Å². The number of anilines is 1. The monoisotopic (exact) mass is 467 g/mol. The second-order valence-corrected chi connectivity index (χ2v) is 7.46. The van der Waals surface area contributed by atoms with E-state index in [4.69, 9.17) is 27.5 Å². The first-order valence-electron chi connectivity index (χ1n) is 10.1. The van der Waals surface area contributed by atoms with E-state index in [2.05, 4.69) is 16.6 Å². The van der Waals surface area contributed by atoms with Gasteiger partial charge in [-0.1, -0.05) is 29.7 Å². The summed E-state index contributed by atoms with van der Waals surface area (Å²) in [6.07, 6.45) is 6.68. The summed E-state index contributed by atoms with van der Waals surface area (Å²) >= 11 is 6.30. The molecule has 4 amide bonds. The summed E-state index contributed by atoms with van der Waals surface area (Å²) in [5.74, 6) is 1.85. The highest BCUT2D eigenvalue weighted by Gasteiger charge is 2.35. The molecule has 0 saturated carbocycles. The minimum absolute atomic E-state index is 0.000774. The molecular weight excluding hydrogens is 446 g/mol. The summed E-state index contributed by atoms with van der Waals surface area (Å²) in [5.41, 5.74) is 2.03. The predicted molar refractivity (Wildman–Crippen MR) is 125 cm³/mol. The SMILES string of the molecule is C#CCOc1c(Cl)cc(/C=C2/NC(=O)N(CC(=O)Nc3cccc(C)c3)C2=O)cc1OCC. The lowest BCUT2D eigenvalue weighted by Gasteiger charge is -2.13. The Labute approximate surface area is 196 Å². The van der Waals surface area contributed by atoms with Crippen LogP contribution < -0.4 is 20.1 Å². The van der Waals surface area contributed by atoms with Crippen molar-refractivity contribution < 1.29 is 23.9 Å². The zero-order chi connectivity index (χ0) is 24.0. The van der Waals surface area contributed by atoms with E-state index in [1.807, 2.05) is 13.0 Å². The number of hydrogen-bond donors (Lipinski definition) is 2. The molecule has 8 nitrogen and oxygen atoms in total. The van der Waals surface area contributed by atoms with Gasteiger partial charge in [0.2, 0.25) is 5.91 Å². The van der Waals surface area contributed by atoms with Crippen molar-refractivity contribution in [1.82, 2.24) is 10.2 Å². The van der Waals surface area contributed by atoms with Gasteiger partial charge in [0, 0.05) is 5.69 Å². The lowest BCUT2D eigenvalue weighted by Crippen LogP contribution is -2.38. The van der Waals surface area contributed by atoms with Crippen LogP contribution in [0.5, 0.6) is 11.5 Å². The lowest BCUT2D eigenvalue weighted by molar-refractivity contribution is -0.127. The number of nitrogens with one attached hydrogen (secondary N) is 2. The zero-order valence-electron chi connectivity index (χ0n) is 18.1. The molecule has 0 spiro atoms. The molecule has 0 aromatic heterocycles. The largest absolute Gasteiger partial charge is 0.490 e. The van der Waals surface area contributed by atoms with Crippen molar-refractivity contribution in [2.45, 2.75) is 13.8 Å². The third kappa shape index (κ3) is 5.84. The molecule has 1 saturated heterocycles. The molecule has 9 heteroatoms. The maximum Gasteiger partial charge on any atom is 0.329 e. The van der Waals surface area contributed by atoms with Crippen LogP contribution in [-0.4, -0.2) is 42.5 Å². The molecule has 0 radical (unpaired) electrons. The van der Waals surface area contributed by atoms with Crippen molar-refractivity contribution >= 4 is 41.2 Å². The van der Waals surface area contributed by atoms with Gasteiger partial charge in [0.15, 0.2) is 11.5 Å². The summed E-state index contributed by atoms with van der Waals surface area (Å²) in [6, 6.07) is 9.65. The fourth-order valence-electron chi connectivity index (χ4n) is 3.14. The summed E-state index contributed by atoms with van der Waals surface area (Å²) in [6.45, 7) is 3.61. The number of benzene rings is 2. The molecule has 0 unspecified atom stereocenters. The Morgan fingerprint density at radius 1 is 1.27 bits per heavy atom. The molecule has 1 fully saturated rings. The van der Waals surface area contributed by atoms with Crippen LogP contribution in [-0.2, 0) is 9.59 Å². The van der Waals surface area contributed by atoms with E-state index >= 15 is 0 Å². The van der Waals surface area contributed by atoms with Crippen LogP contribution in [0, 0.1) is 19.3 Å². The predicted octanol–water partition coefficient (Wildman–Crippen LogP) is 3.59. The fraction of sp³-hybridized carbons (Fsp3) is 0.208. The minimum atomic E-state index is -0.698. The van der Waals surface area contributed by atoms with Crippen molar-refractivity contribution in [2.75, 3.05) is 25.1 Å². The second-order valence-electron chi connectivity index (χ2n) is 7.05. The van der Waals surface area contributed by atoms with Crippen molar-refractivity contribution in [3.8, 4) is 23.8 Å². The van der Waals surface area contributed by atoms with E-state index in [9.17, 15) is 14.4 Å². The highest BCUT2D eigenvalue weighted by Crippen LogP contribution is 2.37. The van der Waals surface area contributed by atoms with Gasteiger partial charge in [0.05, 0.1) is 11.6 Å². The van der Waals surface area contributed by atoms with Crippen molar-refractivity contribution in [1.29, 1.82) is 0 Å². The average Bonchev–Trinajstić information content (AvgIpc) is 3.00. The molecule has 1 aliphatic heterocycles. The Hall–Kier alpha value is -3.96. The van der Waals surface area contributed by atoms with E-state index in [-0.39, 0.29) is 23.1 Å². The molecule has 2 N–H and O–H groups in total. The van der Waals surface area contributed by atoms with Gasteiger partial charge in [-0.15, -0.1) is 6.42 Å². The zero-order valence-corrected chi connectivity index (χ0v) is 18.9. The molecule has 0 aliphatic carbocycles. The van der Waals surface area contributed by atoms with E-state index in [1.165, 1.54) is 6.08 Å². The molecular formula is C24H22ClN3O5. The maximum atomic E-state index is 12.7. The molecule has 33 heavy (non-hydrogen) atoms. The summed E-state index contributed by atoms with van der Waals surface area (Å²) < 4.78 is 11.0. The van der Waals surface area contributed by atoms with Crippen molar-refractivity contribution in [2.24, 2.45) is 0 Å². The van der Waals surface area contributed by atoms with Crippen LogP contribution in [0.4, 0.5) is 10.5 Å². The number of ether oxygens (including phenoxy) is 2. The normalized spacial score (nSPS) is 14.1. The molecule has 0 atom stereocenters. The van der Waals surface area contributed by atoms with E-state index in [0.717, 1.165) is 10.5 Å². The molecule has 2 aromatic carbocycles. The van der Waals surface area contributed by atoms with Gasteiger partial charge in [-0.25, -0.2) is 9.69 Å². The molecule has 1 aliphatic rings. The highest BCUT2D eigenvalue weighted by atomic mass is 35.5. The van der Waals surface area contributed by atoms with Crippen molar-refractivity contribution in [3.05, 3.63) is 58.2 Å². The number of imide groups is 1. The number of hydrogen-bond acceptors (Lipinski definition) is 5. The van der Waals surface area contributed by atoms with Crippen LogP contribution in [0.15, 0.2) is 42.1 Å². The van der Waals surface area contributed by atoms with Gasteiger partial charge in [-0.3, -0.25) is 9.59 Å². The second kappa shape index (κ2) is 10.6. The Kier molecular flexibility index (Phi) is 7.59. The number of amides is 4. The standard InChI is InChI=1S/C24H22ClN3O5/c1-4-9-33-22-18(25)11-16(13-20(22)32-5-2)12-19-23(30)28(24(31)27-19)14-21(29)26-17-8-6-7-15(3)10-17/h1,6-8,10-13H,5,9,14H2,2-3H3,(H,26,29)(H,27,31)/b19-12+. The van der Waals surface area contributed by atoms with Gasteiger partial charge >= 0.3 is 6.03 Å². The quantitative estimate of drug-likeness (QED) is 0.351. The number of halogens is 1. The number of terminal acetylenes is 1. The smallest absolute Gasteiger partial charge is 0.329 e. The molecule has 3 rings (SSSR count). The fourth-order valence-corrected chi connectivity index (χ4v) is 3.41. The van der Waals surface area contributed by atoms with Crippen LogP contribution in [0.2, 0.25) is 5.02 Å². The Balaban J connectivity index is 1.77. The molecule has 1 heterocycles. The van der Waals surface area contributed by atoms with E-state index in [0.29, 0.717) is 23.6 Å². The first-order chi connectivity index (χ1) is 15.8. The van der Waals surface area contributed by atoms with Crippen LogP contribution in [0.3, 0.4) is 0 Å². The summed E-state index contributed by atoms with van der Waals surface area (Å²) in [5, 5.41) is 5.38. The summed E-state index contributed by atoms with van der Waals surface area (Å²) in [4.78, 5) is 38.2. The first-order valence-corrected chi connectivity index (χ1v) is 10.4. The molecule has 170 valence electrons. The number of rotatable bonds is 8. The number of carbonyl (C=O) groups excluding carboxylic acids is 3. The minimum Gasteiger partial charge on any atom is -0.490 e. The van der Waals surface area contributed by atoms with Crippen molar-refractivity contribution in [3.63, 3.8) is 0 Å². The number of aryl methyl sites for hydroxylation is 1. The van der Waals surface area contributed by atoms with Gasteiger partial charge in [0.1, 0.15) is 18.8 Å². The number of carbonyl (C=O) groups is 3. The Morgan fingerprint density at radius 2 is 2.06 bits per heavy atom. The van der Waals surface area contributed by atoms with Crippen LogP contribution >= 0.6 is 11.6 Å². The third-order valence-electron chi connectivity index (χ3n) is 4.51. The lowest BCUT2D eigenvalue weighted by atomic mass is 10.1. The van der Waals surface area contributed by atoms with E-state index < -0.39 is 24.4 Å². The van der Waals surface area contributed by atoms with Crippen LogP contribution in [0.1, 0.15) is 18.1 Å². The van der Waals surface area contributed by atoms with E-state index in [1.54, 1.807) is 37.3 Å².